The molecule has 0 saturated carbocycles. The summed E-state index contributed by atoms with van der Waals surface area (Å²) >= 11 is 4.96. The van der Waals surface area contributed by atoms with Crippen LogP contribution in [-0.4, -0.2) is 21.4 Å². The van der Waals surface area contributed by atoms with Crippen molar-refractivity contribution in [2.24, 2.45) is 0 Å². The largest absolute Gasteiger partial charge is 0.434 e. The number of ether oxygens (including phenoxy) is 1. The second-order valence-electron chi connectivity index (χ2n) is 5.22. The smallest absolute Gasteiger partial charge is 0.387 e. The van der Waals surface area contributed by atoms with E-state index in [1.807, 2.05) is 23.6 Å². The van der Waals surface area contributed by atoms with Crippen molar-refractivity contribution in [3.63, 3.8) is 0 Å². The van der Waals surface area contributed by atoms with Crippen LogP contribution in [0.1, 0.15) is 16.5 Å². The molecule has 1 aromatic carbocycles. The lowest BCUT2D eigenvalue weighted by Crippen LogP contribution is -2.21. The van der Waals surface area contributed by atoms with Gasteiger partial charge in [-0.3, -0.25) is 0 Å². The first-order valence-corrected chi connectivity index (χ1v) is 8.95. The van der Waals surface area contributed by atoms with E-state index in [0.29, 0.717) is 11.5 Å². The Morgan fingerprint density at radius 3 is 2.96 bits per heavy atom. The summed E-state index contributed by atoms with van der Waals surface area (Å²) in [6, 6.07) is 8.42. The number of benzene rings is 1. The molecule has 25 heavy (non-hydrogen) atoms. The van der Waals surface area contributed by atoms with Crippen LogP contribution >= 0.6 is 27.3 Å². The van der Waals surface area contributed by atoms with Gasteiger partial charge in [-0.05, 0) is 35.7 Å². The van der Waals surface area contributed by atoms with Crippen LogP contribution in [0.2, 0.25) is 0 Å². The summed E-state index contributed by atoms with van der Waals surface area (Å²) in [6.45, 7) is -2.90. The fraction of sp³-hybridized carbons (Fsp3) is 0.125. The van der Waals surface area contributed by atoms with Crippen molar-refractivity contribution in [2.45, 2.75) is 12.7 Å². The third-order valence-corrected chi connectivity index (χ3v) is 5.10. The summed E-state index contributed by atoms with van der Waals surface area (Å²) < 4.78 is 32.7. The number of rotatable bonds is 4. The van der Waals surface area contributed by atoms with Gasteiger partial charge in [-0.15, -0.1) is 11.3 Å². The zero-order valence-corrected chi connectivity index (χ0v) is 15.0. The highest BCUT2D eigenvalue weighted by Gasteiger charge is 2.27. The topological polar surface area (TPSA) is 52.0 Å². The van der Waals surface area contributed by atoms with Gasteiger partial charge in [0, 0.05) is 10.0 Å². The zero-order valence-electron chi connectivity index (χ0n) is 12.6. The Balaban J connectivity index is 1.85. The summed E-state index contributed by atoms with van der Waals surface area (Å²) in [4.78, 5) is 5.23. The molecule has 9 heteroatoms. The number of anilines is 1. The first-order valence-electron chi connectivity index (χ1n) is 7.28. The molecule has 3 aromatic rings. The molecule has 1 aliphatic rings. The van der Waals surface area contributed by atoms with Gasteiger partial charge in [-0.25, -0.2) is 4.68 Å². The summed E-state index contributed by atoms with van der Waals surface area (Å²) in [5.41, 5.74) is 1.42. The lowest BCUT2D eigenvalue weighted by Gasteiger charge is -2.25. The van der Waals surface area contributed by atoms with Crippen molar-refractivity contribution >= 4 is 38.9 Å². The van der Waals surface area contributed by atoms with Crippen LogP contribution in [0, 0.1) is 0 Å². The maximum absolute atomic E-state index is 12.8. The first kappa shape index (κ1) is 16.2. The van der Waals surface area contributed by atoms with Gasteiger partial charge in [0.2, 0.25) is 5.95 Å². The fourth-order valence-corrected chi connectivity index (χ4v) is 3.77. The van der Waals surface area contributed by atoms with Gasteiger partial charge in [-0.1, -0.05) is 22.0 Å². The number of nitrogens with zero attached hydrogens (tertiary/aromatic N) is 3. The Morgan fingerprint density at radius 1 is 1.32 bits per heavy atom. The monoisotopic (exact) mass is 424 g/mol. The molecule has 3 heterocycles. The maximum Gasteiger partial charge on any atom is 0.387 e. The van der Waals surface area contributed by atoms with Crippen molar-refractivity contribution in [1.29, 1.82) is 0 Å². The lowest BCUT2D eigenvalue weighted by atomic mass is 10.0. The number of aromatic nitrogens is 3. The molecule has 0 amide bonds. The van der Waals surface area contributed by atoms with Gasteiger partial charge in [0.15, 0.2) is 0 Å². The number of alkyl halides is 2. The summed E-state index contributed by atoms with van der Waals surface area (Å²) in [7, 11) is 0. The van der Waals surface area contributed by atoms with Gasteiger partial charge >= 0.3 is 6.61 Å². The molecular formula is C16H11BrF2N4OS. The highest BCUT2D eigenvalue weighted by atomic mass is 79.9. The Kier molecular flexibility index (Phi) is 4.26. The number of hydrogen-bond acceptors (Lipinski definition) is 5. The van der Waals surface area contributed by atoms with Crippen LogP contribution in [0.3, 0.4) is 0 Å². The fourth-order valence-electron chi connectivity index (χ4n) is 2.68. The molecule has 5 nitrogen and oxygen atoms in total. The minimum atomic E-state index is -2.90. The van der Waals surface area contributed by atoms with E-state index in [4.69, 9.17) is 4.74 Å². The third kappa shape index (κ3) is 3.16. The second kappa shape index (κ2) is 6.57. The molecule has 0 bridgehead atoms. The number of thiophene rings is 1. The second-order valence-corrected chi connectivity index (χ2v) is 7.08. The van der Waals surface area contributed by atoms with E-state index in [0.717, 1.165) is 15.0 Å². The number of hydrogen-bond donors (Lipinski definition) is 1. The average molecular weight is 425 g/mol. The molecule has 0 saturated heterocycles. The van der Waals surface area contributed by atoms with E-state index in [1.165, 1.54) is 12.4 Å². The zero-order chi connectivity index (χ0) is 17.4. The standard InChI is InChI=1S/C16H11BrF2N4OS/c17-9-3-4-13(24-15(18)19)10(6-9)12-7-11(14-2-1-5-25-14)22-16-20-8-21-23(12)16/h1-8,12,15H,(H,20,21,22)/t12-/m0/s1. The Hall–Kier alpha value is -2.26. The number of halogens is 3. The Labute approximate surface area is 154 Å². The van der Waals surface area contributed by atoms with Crippen LogP contribution < -0.4 is 10.1 Å². The number of allylic oxidation sites excluding steroid dienone is 1. The summed E-state index contributed by atoms with van der Waals surface area (Å²) in [5, 5.41) is 9.41. The highest BCUT2D eigenvalue weighted by molar-refractivity contribution is 9.10. The molecule has 1 atom stereocenters. The van der Waals surface area contributed by atoms with Gasteiger partial charge in [0.1, 0.15) is 18.1 Å². The molecule has 0 unspecified atom stereocenters. The van der Waals surface area contributed by atoms with Crippen molar-refractivity contribution in [3.05, 3.63) is 63.0 Å². The molecule has 1 N–H and O–H groups in total. The molecule has 1 aliphatic heterocycles. The van der Waals surface area contributed by atoms with Crippen LogP contribution in [0.25, 0.3) is 5.70 Å². The Bertz CT molecular complexity index is 926. The van der Waals surface area contributed by atoms with Gasteiger partial charge < -0.3 is 10.1 Å². The minimum absolute atomic E-state index is 0.105. The van der Waals surface area contributed by atoms with Crippen molar-refractivity contribution in [3.8, 4) is 5.75 Å². The van der Waals surface area contributed by atoms with Gasteiger partial charge in [0.05, 0.1) is 10.6 Å². The lowest BCUT2D eigenvalue weighted by molar-refractivity contribution is -0.0506. The van der Waals surface area contributed by atoms with Crippen LogP contribution in [-0.2, 0) is 0 Å². The molecule has 4 rings (SSSR count). The van der Waals surface area contributed by atoms with E-state index >= 15 is 0 Å². The maximum atomic E-state index is 12.8. The minimum Gasteiger partial charge on any atom is -0.434 e. The van der Waals surface area contributed by atoms with Crippen LogP contribution in [0.4, 0.5) is 14.7 Å². The van der Waals surface area contributed by atoms with E-state index in [2.05, 4.69) is 31.3 Å². The molecule has 0 fully saturated rings. The van der Waals surface area contributed by atoms with Gasteiger partial charge in [-0.2, -0.15) is 18.9 Å². The summed E-state index contributed by atoms with van der Waals surface area (Å²) in [5.74, 6) is 0.646. The van der Waals surface area contributed by atoms with Crippen molar-refractivity contribution in [2.75, 3.05) is 5.32 Å². The van der Waals surface area contributed by atoms with Gasteiger partial charge in [0.25, 0.3) is 0 Å². The predicted octanol–water partition coefficient (Wildman–Crippen LogP) is 4.76. The highest BCUT2D eigenvalue weighted by Crippen LogP contribution is 2.38. The van der Waals surface area contributed by atoms with Crippen molar-refractivity contribution < 1.29 is 13.5 Å². The van der Waals surface area contributed by atoms with Crippen LogP contribution in [0.15, 0.2) is 52.6 Å². The quantitative estimate of drug-likeness (QED) is 0.655. The summed E-state index contributed by atoms with van der Waals surface area (Å²) in [6.07, 6.45) is 3.35. The van der Waals surface area contributed by atoms with E-state index in [-0.39, 0.29) is 5.75 Å². The van der Waals surface area contributed by atoms with E-state index in [9.17, 15) is 8.78 Å². The third-order valence-electron chi connectivity index (χ3n) is 3.70. The molecule has 128 valence electrons. The molecule has 0 radical (unpaired) electrons. The number of nitrogens with one attached hydrogen (secondary N) is 1. The predicted molar refractivity (Wildman–Crippen MR) is 94.9 cm³/mol. The molecule has 0 spiro atoms. The average Bonchev–Trinajstić information content (AvgIpc) is 3.26. The van der Waals surface area contributed by atoms with Crippen molar-refractivity contribution in [1.82, 2.24) is 14.8 Å². The van der Waals surface area contributed by atoms with E-state index < -0.39 is 12.7 Å². The number of fused-ring (bicyclic) bond motifs is 1. The van der Waals surface area contributed by atoms with Crippen LogP contribution in [0.5, 0.6) is 5.75 Å². The Morgan fingerprint density at radius 2 is 2.20 bits per heavy atom. The molecule has 0 aliphatic carbocycles. The normalized spacial score (nSPS) is 16.3. The first-order chi connectivity index (χ1) is 12.1. The SMILES string of the molecule is FC(F)Oc1ccc(Br)cc1[C@@H]1C=C(c2cccs2)Nc2ncnn21. The van der Waals surface area contributed by atoms with E-state index in [1.54, 1.807) is 28.2 Å². The molecular weight excluding hydrogens is 414 g/mol. The molecule has 2 aromatic heterocycles.